The van der Waals surface area contributed by atoms with Gasteiger partial charge in [0.05, 0.1) is 0 Å². The standard InChI is InChI=1S/C10H22N2/c1-4-12(7-9(2)3)8-10-5-6-11-10/h9-11H,4-8H2,1-3H3. The Morgan fingerprint density at radius 3 is 2.50 bits per heavy atom. The molecule has 1 aliphatic rings. The fourth-order valence-electron chi connectivity index (χ4n) is 1.67. The van der Waals surface area contributed by atoms with Gasteiger partial charge in [-0.15, -0.1) is 0 Å². The van der Waals surface area contributed by atoms with E-state index < -0.39 is 0 Å². The fraction of sp³-hybridized carbons (Fsp3) is 1.00. The monoisotopic (exact) mass is 170 g/mol. The van der Waals surface area contributed by atoms with Crippen LogP contribution >= 0.6 is 0 Å². The van der Waals surface area contributed by atoms with Crippen molar-refractivity contribution in [1.82, 2.24) is 10.2 Å². The number of rotatable bonds is 5. The van der Waals surface area contributed by atoms with Gasteiger partial charge in [-0.2, -0.15) is 0 Å². The van der Waals surface area contributed by atoms with E-state index >= 15 is 0 Å². The average molecular weight is 170 g/mol. The van der Waals surface area contributed by atoms with E-state index in [-0.39, 0.29) is 0 Å². The third kappa shape index (κ3) is 3.11. The maximum absolute atomic E-state index is 3.44. The number of nitrogens with one attached hydrogen (secondary N) is 1. The minimum absolute atomic E-state index is 0.781. The lowest BCUT2D eigenvalue weighted by molar-refractivity contribution is 0.198. The van der Waals surface area contributed by atoms with Gasteiger partial charge in [-0.1, -0.05) is 20.8 Å². The number of hydrogen-bond acceptors (Lipinski definition) is 2. The van der Waals surface area contributed by atoms with Crippen LogP contribution in [0.25, 0.3) is 0 Å². The summed E-state index contributed by atoms with van der Waals surface area (Å²) in [7, 11) is 0. The van der Waals surface area contributed by atoms with Crippen LogP contribution in [0, 0.1) is 5.92 Å². The van der Waals surface area contributed by atoms with E-state index in [2.05, 4.69) is 31.0 Å². The van der Waals surface area contributed by atoms with Gasteiger partial charge in [-0.3, -0.25) is 0 Å². The summed E-state index contributed by atoms with van der Waals surface area (Å²) in [6.07, 6.45) is 1.37. The Morgan fingerprint density at radius 2 is 2.17 bits per heavy atom. The molecule has 0 aromatic heterocycles. The highest BCUT2D eigenvalue weighted by Gasteiger charge is 2.18. The second-order valence-electron chi connectivity index (χ2n) is 4.19. The van der Waals surface area contributed by atoms with Gasteiger partial charge in [0.15, 0.2) is 0 Å². The summed E-state index contributed by atoms with van der Waals surface area (Å²) in [5.74, 6) is 0.796. The predicted octanol–water partition coefficient (Wildman–Crippen LogP) is 1.33. The quantitative estimate of drug-likeness (QED) is 0.669. The Balaban J connectivity index is 2.15. The van der Waals surface area contributed by atoms with Gasteiger partial charge >= 0.3 is 0 Å². The number of hydrogen-bond donors (Lipinski definition) is 1. The zero-order chi connectivity index (χ0) is 8.97. The topological polar surface area (TPSA) is 15.3 Å². The van der Waals surface area contributed by atoms with Crippen LogP contribution in [0.4, 0.5) is 0 Å². The van der Waals surface area contributed by atoms with E-state index in [1.54, 1.807) is 0 Å². The summed E-state index contributed by atoms with van der Waals surface area (Å²) in [5, 5.41) is 3.44. The van der Waals surface area contributed by atoms with Gasteiger partial charge in [0.2, 0.25) is 0 Å². The SMILES string of the molecule is CCN(CC(C)C)CC1CCN1. The Hall–Kier alpha value is -0.0800. The first kappa shape index (κ1) is 10.0. The third-order valence-electron chi connectivity index (χ3n) is 2.47. The van der Waals surface area contributed by atoms with Gasteiger partial charge in [-0.25, -0.2) is 0 Å². The lowest BCUT2D eigenvalue weighted by Crippen LogP contribution is -2.50. The van der Waals surface area contributed by atoms with E-state index in [0.29, 0.717) is 0 Å². The summed E-state index contributed by atoms with van der Waals surface area (Å²) >= 11 is 0. The highest BCUT2D eigenvalue weighted by atomic mass is 15.2. The minimum atomic E-state index is 0.781. The third-order valence-corrected chi connectivity index (χ3v) is 2.47. The lowest BCUT2D eigenvalue weighted by atomic mass is 10.1. The Kier molecular flexibility index (Phi) is 4.02. The van der Waals surface area contributed by atoms with Crippen molar-refractivity contribution < 1.29 is 0 Å². The molecule has 0 aromatic carbocycles. The molecule has 1 N–H and O–H groups in total. The normalized spacial score (nSPS) is 23.2. The molecule has 0 saturated carbocycles. The molecule has 0 amide bonds. The van der Waals surface area contributed by atoms with Crippen LogP contribution in [-0.4, -0.2) is 37.1 Å². The van der Waals surface area contributed by atoms with E-state index in [9.17, 15) is 0 Å². The van der Waals surface area contributed by atoms with Crippen LogP contribution in [0.3, 0.4) is 0 Å². The molecule has 1 heterocycles. The summed E-state index contributed by atoms with van der Waals surface area (Å²) in [6, 6.07) is 0.781. The zero-order valence-corrected chi connectivity index (χ0v) is 8.64. The van der Waals surface area contributed by atoms with Crippen molar-refractivity contribution in [1.29, 1.82) is 0 Å². The van der Waals surface area contributed by atoms with Gasteiger partial charge in [0, 0.05) is 19.1 Å². The molecule has 0 bridgehead atoms. The molecule has 2 heteroatoms. The molecule has 1 unspecified atom stereocenters. The van der Waals surface area contributed by atoms with Crippen molar-refractivity contribution in [3.8, 4) is 0 Å². The first-order valence-electron chi connectivity index (χ1n) is 5.18. The number of nitrogens with zero attached hydrogens (tertiary/aromatic N) is 1. The second kappa shape index (κ2) is 4.83. The van der Waals surface area contributed by atoms with Crippen molar-refractivity contribution in [3.63, 3.8) is 0 Å². The molecule has 0 radical (unpaired) electrons. The van der Waals surface area contributed by atoms with Gasteiger partial charge in [0.1, 0.15) is 0 Å². The van der Waals surface area contributed by atoms with Crippen LogP contribution in [0.2, 0.25) is 0 Å². The summed E-state index contributed by atoms with van der Waals surface area (Å²) in [6.45, 7) is 11.7. The molecule has 2 nitrogen and oxygen atoms in total. The molecular weight excluding hydrogens is 148 g/mol. The van der Waals surface area contributed by atoms with Crippen molar-refractivity contribution in [3.05, 3.63) is 0 Å². The Labute approximate surface area is 76.3 Å². The molecule has 1 saturated heterocycles. The Morgan fingerprint density at radius 1 is 1.50 bits per heavy atom. The van der Waals surface area contributed by atoms with E-state index in [4.69, 9.17) is 0 Å². The van der Waals surface area contributed by atoms with Gasteiger partial charge < -0.3 is 10.2 Å². The van der Waals surface area contributed by atoms with Crippen LogP contribution in [0.5, 0.6) is 0 Å². The van der Waals surface area contributed by atoms with Crippen molar-refractivity contribution in [2.24, 2.45) is 5.92 Å². The van der Waals surface area contributed by atoms with Crippen LogP contribution < -0.4 is 5.32 Å². The molecular formula is C10H22N2. The molecule has 0 aromatic rings. The first-order valence-corrected chi connectivity index (χ1v) is 5.18. The highest BCUT2D eigenvalue weighted by molar-refractivity contribution is 4.80. The maximum atomic E-state index is 3.44. The van der Waals surface area contributed by atoms with E-state index in [1.807, 2.05) is 0 Å². The second-order valence-corrected chi connectivity index (χ2v) is 4.19. The van der Waals surface area contributed by atoms with Crippen LogP contribution in [-0.2, 0) is 0 Å². The lowest BCUT2D eigenvalue weighted by Gasteiger charge is -2.33. The van der Waals surface area contributed by atoms with Crippen LogP contribution in [0.1, 0.15) is 27.2 Å². The summed E-state index contributed by atoms with van der Waals surface area (Å²) in [5.41, 5.74) is 0. The molecule has 12 heavy (non-hydrogen) atoms. The smallest absolute Gasteiger partial charge is 0.0207 e. The Bertz CT molecular complexity index is 119. The predicted molar refractivity (Wildman–Crippen MR) is 53.4 cm³/mol. The molecule has 1 aliphatic heterocycles. The van der Waals surface area contributed by atoms with Crippen LogP contribution in [0.15, 0.2) is 0 Å². The molecule has 72 valence electrons. The fourth-order valence-corrected chi connectivity index (χ4v) is 1.67. The largest absolute Gasteiger partial charge is 0.313 e. The molecule has 1 atom stereocenters. The minimum Gasteiger partial charge on any atom is -0.313 e. The zero-order valence-electron chi connectivity index (χ0n) is 8.64. The van der Waals surface area contributed by atoms with Crippen molar-refractivity contribution in [2.45, 2.75) is 33.2 Å². The van der Waals surface area contributed by atoms with Crippen molar-refractivity contribution in [2.75, 3.05) is 26.2 Å². The highest BCUT2D eigenvalue weighted by Crippen LogP contribution is 2.06. The molecule has 0 aliphatic carbocycles. The maximum Gasteiger partial charge on any atom is 0.0207 e. The summed E-state index contributed by atoms with van der Waals surface area (Å²) in [4.78, 5) is 2.54. The number of likely N-dealkylation sites (N-methyl/N-ethyl adjacent to an activating group) is 1. The van der Waals surface area contributed by atoms with Gasteiger partial charge in [-0.05, 0) is 25.4 Å². The first-order chi connectivity index (χ1) is 5.72. The molecule has 1 rings (SSSR count). The van der Waals surface area contributed by atoms with E-state index in [1.165, 1.54) is 32.6 Å². The molecule has 1 fully saturated rings. The van der Waals surface area contributed by atoms with Gasteiger partial charge in [0.25, 0.3) is 0 Å². The van der Waals surface area contributed by atoms with Crippen molar-refractivity contribution >= 4 is 0 Å². The average Bonchev–Trinajstić information content (AvgIpc) is 1.93. The molecule has 0 spiro atoms. The van der Waals surface area contributed by atoms with E-state index in [0.717, 1.165) is 12.0 Å². The summed E-state index contributed by atoms with van der Waals surface area (Å²) < 4.78 is 0.